The molecular weight excluding hydrogens is 152 g/mol. The molecule has 0 aromatic carbocycles. The zero-order chi connectivity index (χ0) is 8.97. The van der Waals surface area contributed by atoms with Gasteiger partial charge >= 0.3 is 0 Å². The number of aromatic nitrogens is 2. The van der Waals surface area contributed by atoms with Crippen LogP contribution in [0.1, 0.15) is 24.9 Å². The van der Waals surface area contributed by atoms with Gasteiger partial charge in [-0.3, -0.25) is 4.68 Å². The molecule has 1 atom stereocenters. The number of nitriles is 1. The second kappa shape index (κ2) is 3.88. The molecule has 0 fully saturated rings. The van der Waals surface area contributed by atoms with Crippen molar-refractivity contribution in [3.05, 3.63) is 18.0 Å². The molecule has 12 heavy (non-hydrogen) atoms. The summed E-state index contributed by atoms with van der Waals surface area (Å²) in [5.41, 5.74) is 6.27. The van der Waals surface area contributed by atoms with Crippen LogP contribution in [-0.4, -0.2) is 9.78 Å². The summed E-state index contributed by atoms with van der Waals surface area (Å²) in [6, 6.07) is 1.42. The summed E-state index contributed by atoms with van der Waals surface area (Å²) in [6.45, 7) is 2.95. The van der Waals surface area contributed by atoms with Gasteiger partial charge in [0.25, 0.3) is 0 Å². The molecule has 0 saturated heterocycles. The zero-order valence-electron chi connectivity index (χ0n) is 7.07. The molecule has 0 amide bonds. The van der Waals surface area contributed by atoms with Crippen LogP contribution in [0.4, 0.5) is 0 Å². The van der Waals surface area contributed by atoms with Gasteiger partial charge in [-0.2, -0.15) is 10.4 Å². The van der Waals surface area contributed by atoms with Crippen LogP contribution >= 0.6 is 0 Å². The molecule has 1 aromatic heterocycles. The predicted octanol–water partition coefficient (Wildman–Crippen LogP) is 0.816. The average molecular weight is 164 g/mol. The minimum atomic E-state index is -0.546. The van der Waals surface area contributed by atoms with Crippen LogP contribution in [0, 0.1) is 11.3 Å². The Balaban J connectivity index is 2.71. The predicted molar refractivity (Wildman–Crippen MR) is 45.1 cm³/mol. The Bertz CT molecular complexity index is 283. The maximum atomic E-state index is 8.52. The Hall–Kier alpha value is -1.34. The number of nitrogens with two attached hydrogens (primary N) is 1. The molecule has 1 rings (SSSR count). The SMILES string of the molecule is CCCn1cc(C(N)C#N)cn1. The van der Waals surface area contributed by atoms with Crippen molar-refractivity contribution in [2.75, 3.05) is 0 Å². The Kier molecular flexibility index (Phi) is 2.83. The normalized spacial score (nSPS) is 12.4. The molecule has 0 aliphatic heterocycles. The Morgan fingerprint density at radius 1 is 1.83 bits per heavy atom. The van der Waals surface area contributed by atoms with Crippen molar-refractivity contribution in [2.24, 2.45) is 5.73 Å². The number of hydrogen-bond acceptors (Lipinski definition) is 3. The first kappa shape index (κ1) is 8.75. The molecule has 4 heteroatoms. The van der Waals surface area contributed by atoms with E-state index < -0.39 is 6.04 Å². The van der Waals surface area contributed by atoms with Gasteiger partial charge in [0.1, 0.15) is 6.04 Å². The van der Waals surface area contributed by atoms with Crippen LogP contribution in [0.5, 0.6) is 0 Å². The van der Waals surface area contributed by atoms with Crippen LogP contribution in [-0.2, 0) is 6.54 Å². The number of rotatable bonds is 3. The van der Waals surface area contributed by atoms with Crippen LogP contribution in [0.2, 0.25) is 0 Å². The summed E-state index contributed by atoms with van der Waals surface area (Å²) in [5.74, 6) is 0. The van der Waals surface area contributed by atoms with E-state index in [1.54, 1.807) is 10.9 Å². The van der Waals surface area contributed by atoms with Crippen LogP contribution in [0.15, 0.2) is 12.4 Å². The fourth-order valence-electron chi connectivity index (χ4n) is 0.966. The molecule has 0 spiro atoms. The summed E-state index contributed by atoms with van der Waals surface area (Å²) in [6.07, 6.45) is 4.49. The number of nitrogens with zero attached hydrogens (tertiary/aromatic N) is 3. The molecule has 1 heterocycles. The lowest BCUT2D eigenvalue weighted by atomic mass is 10.2. The highest BCUT2D eigenvalue weighted by molar-refractivity contribution is 5.16. The van der Waals surface area contributed by atoms with Gasteiger partial charge < -0.3 is 5.73 Å². The second-order valence-electron chi connectivity index (χ2n) is 2.64. The molecule has 0 radical (unpaired) electrons. The molecular formula is C8H12N4. The highest BCUT2D eigenvalue weighted by atomic mass is 15.3. The summed E-state index contributed by atoms with van der Waals surface area (Å²) in [4.78, 5) is 0. The molecule has 0 aliphatic carbocycles. The average Bonchev–Trinajstić information content (AvgIpc) is 2.52. The van der Waals surface area contributed by atoms with Crippen molar-refractivity contribution in [2.45, 2.75) is 25.9 Å². The third-order valence-electron chi connectivity index (χ3n) is 1.60. The van der Waals surface area contributed by atoms with E-state index in [2.05, 4.69) is 12.0 Å². The van der Waals surface area contributed by atoms with E-state index in [0.29, 0.717) is 0 Å². The monoisotopic (exact) mass is 164 g/mol. The number of hydrogen-bond donors (Lipinski definition) is 1. The molecule has 0 saturated carbocycles. The van der Waals surface area contributed by atoms with E-state index in [1.165, 1.54) is 0 Å². The van der Waals surface area contributed by atoms with Gasteiger partial charge in [-0.15, -0.1) is 0 Å². The van der Waals surface area contributed by atoms with Crippen LogP contribution in [0.25, 0.3) is 0 Å². The van der Waals surface area contributed by atoms with Crippen molar-refractivity contribution in [1.29, 1.82) is 5.26 Å². The second-order valence-corrected chi connectivity index (χ2v) is 2.64. The summed E-state index contributed by atoms with van der Waals surface area (Å²) in [5, 5.41) is 12.6. The maximum Gasteiger partial charge on any atom is 0.121 e. The highest BCUT2D eigenvalue weighted by Gasteiger charge is 2.05. The third-order valence-corrected chi connectivity index (χ3v) is 1.60. The van der Waals surface area contributed by atoms with Gasteiger partial charge in [0.05, 0.1) is 12.3 Å². The fraction of sp³-hybridized carbons (Fsp3) is 0.500. The van der Waals surface area contributed by atoms with Gasteiger partial charge in [0.15, 0.2) is 0 Å². The van der Waals surface area contributed by atoms with Gasteiger partial charge in [-0.25, -0.2) is 0 Å². The smallest absolute Gasteiger partial charge is 0.121 e. The third kappa shape index (κ3) is 1.83. The molecule has 1 aromatic rings. The Morgan fingerprint density at radius 2 is 2.58 bits per heavy atom. The van der Waals surface area contributed by atoms with E-state index in [1.807, 2.05) is 12.3 Å². The van der Waals surface area contributed by atoms with E-state index in [4.69, 9.17) is 11.0 Å². The van der Waals surface area contributed by atoms with Gasteiger partial charge in [-0.05, 0) is 6.42 Å². The van der Waals surface area contributed by atoms with E-state index in [-0.39, 0.29) is 0 Å². The molecule has 0 aliphatic rings. The largest absolute Gasteiger partial charge is 0.312 e. The minimum absolute atomic E-state index is 0.546. The van der Waals surface area contributed by atoms with E-state index in [9.17, 15) is 0 Å². The van der Waals surface area contributed by atoms with Crippen molar-refractivity contribution < 1.29 is 0 Å². The summed E-state index contributed by atoms with van der Waals surface area (Å²) in [7, 11) is 0. The fourth-order valence-corrected chi connectivity index (χ4v) is 0.966. The maximum absolute atomic E-state index is 8.52. The topological polar surface area (TPSA) is 67.6 Å². The first-order valence-corrected chi connectivity index (χ1v) is 3.95. The molecule has 2 N–H and O–H groups in total. The summed E-state index contributed by atoms with van der Waals surface area (Å²) < 4.78 is 1.80. The van der Waals surface area contributed by atoms with Crippen molar-refractivity contribution in [1.82, 2.24) is 9.78 Å². The Morgan fingerprint density at radius 3 is 3.17 bits per heavy atom. The summed E-state index contributed by atoms with van der Waals surface area (Å²) >= 11 is 0. The first-order valence-electron chi connectivity index (χ1n) is 3.95. The quantitative estimate of drug-likeness (QED) is 0.719. The first-order chi connectivity index (χ1) is 5.77. The molecule has 4 nitrogen and oxygen atoms in total. The lowest BCUT2D eigenvalue weighted by Crippen LogP contribution is -2.05. The van der Waals surface area contributed by atoms with Crippen LogP contribution in [0.3, 0.4) is 0 Å². The highest BCUT2D eigenvalue weighted by Crippen LogP contribution is 2.07. The van der Waals surface area contributed by atoms with E-state index >= 15 is 0 Å². The zero-order valence-corrected chi connectivity index (χ0v) is 7.07. The minimum Gasteiger partial charge on any atom is -0.312 e. The molecule has 64 valence electrons. The van der Waals surface area contributed by atoms with Crippen LogP contribution < -0.4 is 5.73 Å². The van der Waals surface area contributed by atoms with Crippen molar-refractivity contribution in [3.8, 4) is 6.07 Å². The lowest BCUT2D eigenvalue weighted by Gasteiger charge is -1.96. The van der Waals surface area contributed by atoms with E-state index in [0.717, 1.165) is 18.5 Å². The van der Waals surface area contributed by atoms with Gasteiger partial charge in [-0.1, -0.05) is 6.92 Å². The van der Waals surface area contributed by atoms with Gasteiger partial charge in [0, 0.05) is 18.3 Å². The number of aryl methyl sites for hydroxylation is 1. The lowest BCUT2D eigenvalue weighted by molar-refractivity contribution is 0.602. The van der Waals surface area contributed by atoms with Gasteiger partial charge in [0.2, 0.25) is 0 Å². The van der Waals surface area contributed by atoms with Crippen molar-refractivity contribution in [3.63, 3.8) is 0 Å². The van der Waals surface area contributed by atoms with Crippen molar-refractivity contribution >= 4 is 0 Å². The molecule has 0 bridgehead atoms. The Labute approximate surface area is 71.6 Å². The standard InChI is InChI=1S/C8H12N4/c1-2-3-12-6-7(5-11-12)8(10)4-9/h5-6,8H,2-3,10H2,1H3. The molecule has 1 unspecified atom stereocenters.